The first-order valence-corrected chi connectivity index (χ1v) is 10.6. The van der Waals surface area contributed by atoms with Gasteiger partial charge in [-0.3, -0.25) is 0 Å². The van der Waals surface area contributed by atoms with Crippen LogP contribution in [0.1, 0.15) is 17.2 Å². The third-order valence-corrected chi connectivity index (χ3v) is 6.02. The number of terminal acetylenes is 1. The van der Waals surface area contributed by atoms with Gasteiger partial charge in [0.1, 0.15) is 5.75 Å². The number of nitrogens with zero attached hydrogens (tertiary/aromatic N) is 2. The smallest absolute Gasteiger partial charge is 0.223 e. The maximum atomic E-state index is 12.1. The van der Waals surface area contributed by atoms with Crippen LogP contribution >= 0.6 is 0 Å². The number of anilines is 2. The van der Waals surface area contributed by atoms with Crippen molar-refractivity contribution in [3.8, 4) is 12.3 Å². The first-order valence-electron chi connectivity index (χ1n) is 8.94. The Kier molecular flexibility index (Phi) is 5.73. The Morgan fingerprint density at radius 3 is 2.56 bits per heavy atom. The highest BCUT2D eigenvalue weighted by molar-refractivity contribution is 7.89. The molecule has 0 amide bonds. The number of rotatable bonds is 7. The third kappa shape index (κ3) is 4.44. The maximum absolute atomic E-state index is 12.1. The van der Waals surface area contributed by atoms with E-state index in [-0.39, 0.29) is 18.3 Å². The molecule has 1 atom stereocenters. The first-order chi connectivity index (χ1) is 12.9. The van der Waals surface area contributed by atoms with E-state index < -0.39 is 10.0 Å². The van der Waals surface area contributed by atoms with Crippen LogP contribution in [0.5, 0.6) is 0 Å². The van der Waals surface area contributed by atoms with Crippen LogP contribution in [-0.2, 0) is 16.4 Å². The topological polar surface area (TPSA) is 52.7 Å². The fourth-order valence-corrected chi connectivity index (χ4v) is 4.19. The minimum Gasteiger partial charge on any atom is -0.378 e. The van der Waals surface area contributed by atoms with Crippen LogP contribution in [0, 0.1) is 12.3 Å². The van der Waals surface area contributed by atoms with Crippen molar-refractivity contribution in [3.05, 3.63) is 59.7 Å². The second kappa shape index (κ2) is 8.03. The van der Waals surface area contributed by atoms with Crippen molar-refractivity contribution in [2.75, 3.05) is 42.7 Å². The summed E-state index contributed by atoms with van der Waals surface area (Å²) in [6.07, 6.45) is 6.14. The summed E-state index contributed by atoms with van der Waals surface area (Å²) < 4.78 is 26.9. The highest BCUT2D eigenvalue weighted by Crippen LogP contribution is 2.35. The first kappa shape index (κ1) is 19.3. The summed E-state index contributed by atoms with van der Waals surface area (Å²) in [7, 11) is 0.510. The van der Waals surface area contributed by atoms with Crippen LogP contribution in [0.3, 0.4) is 0 Å². The fraction of sp³-hybridized carbons (Fsp3) is 0.333. The molecule has 1 heterocycles. The molecule has 1 aliphatic heterocycles. The van der Waals surface area contributed by atoms with E-state index in [0.717, 1.165) is 29.9 Å². The molecule has 0 bridgehead atoms. The van der Waals surface area contributed by atoms with Crippen LogP contribution in [-0.4, -0.2) is 41.4 Å². The Bertz CT molecular complexity index is 931. The van der Waals surface area contributed by atoms with E-state index >= 15 is 0 Å². The highest BCUT2D eigenvalue weighted by Gasteiger charge is 2.28. The van der Waals surface area contributed by atoms with E-state index in [1.165, 1.54) is 5.56 Å². The highest BCUT2D eigenvalue weighted by atomic mass is 32.2. The normalized spacial score (nSPS) is 14.5. The van der Waals surface area contributed by atoms with Gasteiger partial charge in [0.05, 0.1) is 6.04 Å². The second-order valence-electron chi connectivity index (χ2n) is 6.89. The average molecular weight is 384 g/mol. The quantitative estimate of drug-likeness (QED) is 0.746. The van der Waals surface area contributed by atoms with Crippen LogP contribution in [0.4, 0.5) is 11.4 Å². The van der Waals surface area contributed by atoms with E-state index in [9.17, 15) is 8.42 Å². The van der Waals surface area contributed by atoms with Gasteiger partial charge < -0.3 is 9.80 Å². The zero-order chi connectivity index (χ0) is 19.4. The predicted molar refractivity (Wildman–Crippen MR) is 112 cm³/mol. The molecule has 2 aromatic carbocycles. The Balaban J connectivity index is 1.91. The maximum Gasteiger partial charge on any atom is 0.223 e. The molecule has 5 nitrogen and oxygen atoms in total. The van der Waals surface area contributed by atoms with Crippen molar-refractivity contribution in [2.24, 2.45) is 0 Å². The SMILES string of the molecule is C#CCS(=O)(=O)NCC(c1ccc(N(C)C)cc1)N1CCc2ccccc21. The molecule has 0 fully saturated rings. The molecule has 3 rings (SSSR count). The predicted octanol–water partition coefficient (Wildman–Crippen LogP) is 2.41. The van der Waals surface area contributed by atoms with Crippen molar-refractivity contribution in [1.29, 1.82) is 0 Å². The summed E-state index contributed by atoms with van der Waals surface area (Å²) >= 11 is 0. The molecular formula is C21H25N3O2S. The number of nitrogens with one attached hydrogen (secondary N) is 1. The van der Waals surface area contributed by atoms with Gasteiger partial charge in [-0.15, -0.1) is 6.42 Å². The van der Waals surface area contributed by atoms with Gasteiger partial charge in [0.25, 0.3) is 0 Å². The van der Waals surface area contributed by atoms with Gasteiger partial charge in [0.2, 0.25) is 10.0 Å². The summed E-state index contributed by atoms with van der Waals surface area (Å²) in [5.41, 5.74) is 4.63. The Labute approximate surface area is 162 Å². The van der Waals surface area contributed by atoms with Gasteiger partial charge in [-0.1, -0.05) is 36.3 Å². The number of para-hydroxylation sites is 1. The van der Waals surface area contributed by atoms with Crippen molar-refractivity contribution >= 4 is 21.4 Å². The van der Waals surface area contributed by atoms with E-state index in [1.807, 2.05) is 31.1 Å². The van der Waals surface area contributed by atoms with Gasteiger partial charge in [-0.25, -0.2) is 13.1 Å². The van der Waals surface area contributed by atoms with Gasteiger partial charge >= 0.3 is 0 Å². The average Bonchev–Trinajstić information content (AvgIpc) is 3.06. The van der Waals surface area contributed by atoms with Crippen molar-refractivity contribution < 1.29 is 8.42 Å². The van der Waals surface area contributed by atoms with Crippen LogP contribution in [0.25, 0.3) is 0 Å². The van der Waals surface area contributed by atoms with E-state index in [0.29, 0.717) is 0 Å². The summed E-state index contributed by atoms with van der Waals surface area (Å²) in [4.78, 5) is 4.32. The lowest BCUT2D eigenvalue weighted by atomic mass is 10.0. The van der Waals surface area contributed by atoms with Crippen molar-refractivity contribution in [3.63, 3.8) is 0 Å². The number of fused-ring (bicyclic) bond motifs is 1. The van der Waals surface area contributed by atoms with E-state index in [1.54, 1.807) is 0 Å². The fourth-order valence-electron chi connectivity index (χ4n) is 3.46. The minimum atomic E-state index is -3.48. The zero-order valence-electron chi connectivity index (χ0n) is 15.7. The standard InChI is InChI=1S/C21H25N3O2S/c1-4-15-27(25,26)22-16-21(18-9-11-19(12-10-18)23(2)3)24-14-13-17-7-5-6-8-20(17)24/h1,5-12,21-22H,13-16H2,2-3H3. The number of hydrogen-bond acceptors (Lipinski definition) is 4. The van der Waals surface area contributed by atoms with Gasteiger partial charge in [-0.05, 0) is 35.7 Å². The lowest BCUT2D eigenvalue weighted by Gasteiger charge is -2.31. The number of sulfonamides is 1. The van der Waals surface area contributed by atoms with Gasteiger partial charge in [0.15, 0.2) is 0 Å². The van der Waals surface area contributed by atoms with Gasteiger partial charge in [-0.2, -0.15) is 0 Å². The molecule has 0 saturated carbocycles. The molecule has 1 N–H and O–H groups in total. The molecule has 0 aliphatic carbocycles. The number of benzene rings is 2. The molecule has 0 spiro atoms. The zero-order valence-corrected chi connectivity index (χ0v) is 16.5. The molecule has 0 aromatic heterocycles. The summed E-state index contributed by atoms with van der Waals surface area (Å²) in [6, 6.07) is 16.4. The van der Waals surface area contributed by atoms with Gasteiger partial charge in [0, 0.05) is 38.6 Å². The van der Waals surface area contributed by atoms with Crippen LogP contribution in [0.2, 0.25) is 0 Å². The van der Waals surface area contributed by atoms with Crippen molar-refractivity contribution in [1.82, 2.24) is 4.72 Å². The number of hydrogen-bond donors (Lipinski definition) is 1. The van der Waals surface area contributed by atoms with Crippen LogP contribution < -0.4 is 14.5 Å². The molecule has 0 saturated heterocycles. The largest absolute Gasteiger partial charge is 0.378 e. The molecule has 2 aromatic rings. The molecule has 1 unspecified atom stereocenters. The lowest BCUT2D eigenvalue weighted by molar-refractivity contribution is 0.566. The molecule has 27 heavy (non-hydrogen) atoms. The minimum absolute atomic E-state index is 0.0996. The molecule has 0 radical (unpaired) electrons. The molecule has 6 heteroatoms. The second-order valence-corrected chi connectivity index (χ2v) is 8.69. The Morgan fingerprint density at radius 2 is 1.89 bits per heavy atom. The molecule has 1 aliphatic rings. The molecule has 142 valence electrons. The van der Waals surface area contributed by atoms with Crippen molar-refractivity contribution in [2.45, 2.75) is 12.5 Å². The van der Waals surface area contributed by atoms with E-state index in [4.69, 9.17) is 6.42 Å². The van der Waals surface area contributed by atoms with E-state index in [2.05, 4.69) is 51.9 Å². The summed E-state index contributed by atoms with van der Waals surface area (Å²) in [5.74, 6) is 1.90. The lowest BCUT2D eigenvalue weighted by Crippen LogP contribution is -2.38. The van der Waals surface area contributed by atoms with Crippen LogP contribution in [0.15, 0.2) is 48.5 Å². The Morgan fingerprint density at radius 1 is 1.19 bits per heavy atom. The summed E-state index contributed by atoms with van der Waals surface area (Å²) in [5, 5.41) is 0. The monoisotopic (exact) mass is 383 g/mol. The summed E-state index contributed by atoms with van der Waals surface area (Å²) in [6.45, 7) is 1.13. The third-order valence-electron chi connectivity index (χ3n) is 4.86. The molecular weight excluding hydrogens is 358 g/mol. The Hall–Kier alpha value is -2.49.